The van der Waals surface area contributed by atoms with Crippen molar-refractivity contribution >= 4 is 0 Å². The van der Waals surface area contributed by atoms with E-state index in [1.54, 1.807) is 6.20 Å². The first-order chi connectivity index (χ1) is 6.88. The molecule has 14 heavy (non-hydrogen) atoms. The highest BCUT2D eigenvalue weighted by Gasteiger charge is 2.08. The molecule has 0 aromatic carbocycles. The van der Waals surface area contributed by atoms with Crippen LogP contribution in [0.5, 0.6) is 0 Å². The molecule has 2 nitrogen and oxygen atoms in total. The van der Waals surface area contributed by atoms with Crippen molar-refractivity contribution in [2.45, 2.75) is 12.8 Å². The summed E-state index contributed by atoms with van der Waals surface area (Å²) in [6.07, 6.45) is 5.50. The second-order valence-corrected chi connectivity index (χ2v) is 3.26. The highest BCUT2D eigenvalue weighted by Crippen LogP contribution is 2.20. The summed E-state index contributed by atoms with van der Waals surface area (Å²) in [4.78, 5) is 8.43. The summed E-state index contributed by atoms with van der Waals surface area (Å²) in [6.45, 7) is 2.14. The molecule has 0 saturated carbocycles. The molecule has 2 heteroatoms. The van der Waals surface area contributed by atoms with Gasteiger partial charge in [0, 0.05) is 30.2 Å². The number of hydrogen-bond acceptors (Lipinski definition) is 2. The van der Waals surface area contributed by atoms with Crippen LogP contribution in [0.3, 0.4) is 0 Å². The molecule has 1 atom stereocenters. The summed E-state index contributed by atoms with van der Waals surface area (Å²) in [5.74, 6) is 0.310. The van der Waals surface area contributed by atoms with Gasteiger partial charge in [0.15, 0.2) is 0 Å². The number of aromatic nitrogens is 2. The zero-order chi connectivity index (χ0) is 9.80. The van der Waals surface area contributed by atoms with E-state index in [4.69, 9.17) is 0 Å². The van der Waals surface area contributed by atoms with E-state index in [9.17, 15) is 0 Å². The topological polar surface area (TPSA) is 25.8 Å². The Bertz CT molecular complexity index is 344. The summed E-state index contributed by atoms with van der Waals surface area (Å²) in [7, 11) is 0. The Hall–Kier alpha value is -1.70. The predicted octanol–water partition coefficient (Wildman–Crippen LogP) is 2.63. The molecule has 0 unspecified atom stereocenters. The molecular formula is C12H12N2. The smallest absolute Gasteiger partial charge is 0.0476 e. The molecule has 0 aliphatic carbocycles. The molecule has 2 rings (SSSR count). The average Bonchev–Trinajstić information content (AvgIpc) is 2.30. The van der Waals surface area contributed by atoms with Gasteiger partial charge in [-0.25, -0.2) is 0 Å². The Labute approximate surface area is 83.7 Å². The summed E-state index contributed by atoms with van der Waals surface area (Å²) < 4.78 is 0. The average molecular weight is 184 g/mol. The SMILES string of the molecule is C[C@@H](c1cccnc1)c1ccccn1. The van der Waals surface area contributed by atoms with Crippen molar-refractivity contribution in [2.24, 2.45) is 0 Å². The van der Waals surface area contributed by atoms with Gasteiger partial charge in [0.2, 0.25) is 0 Å². The van der Waals surface area contributed by atoms with E-state index in [2.05, 4.69) is 23.0 Å². The lowest BCUT2D eigenvalue weighted by atomic mass is 9.99. The van der Waals surface area contributed by atoms with Crippen LogP contribution in [0.4, 0.5) is 0 Å². The van der Waals surface area contributed by atoms with Gasteiger partial charge in [0.1, 0.15) is 0 Å². The predicted molar refractivity (Wildman–Crippen MR) is 56.0 cm³/mol. The maximum absolute atomic E-state index is 4.33. The molecule has 0 spiro atoms. The van der Waals surface area contributed by atoms with Crippen LogP contribution in [-0.4, -0.2) is 9.97 Å². The maximum Gasteiger partial charge on any atom is 0.0476 e. The fourth-order valence-corrected chi connectivity index (χ4v) is 1.43. The van der Waals surface area contributed by atoms with Crippen molar-refractivity contribution in [3.63, 3.8) is 0 Å². The van der Waals surface area contributed by atoms with Crippen LogP contribution in [0.15, 0.2) is 48.9 Å². The molecule has 0 bridgehead atoms. The molecule has 0 radical (unpaired) electrons. The fourth-order valence-electron chi connectivity index (χ4n) is 1.43. The van der Waals surface area contributed by atoms with E-state index in [-0.39, 0.29) is 0 Å². The molecule has 0 fully saturated rings. The van der Waals surface area contributed by atoms with Gasteiger partial charge in [-0.3, -0.25) is 9.97 Å². The van der Waals surface area contributed by atoms with E-state index in [1.807, 2.05) is 36.7 Å². The van der Waals surface area contributed by atoms with Gasteiger partial charge in [-0.15, -0.1) is 0 Å². The molecule has 0 saturated heterocycles. The van der Waals surface area contributed by atoms with Crippen LogP contribution in [-0.2, 0) is 0 Å². The highest BCUT2D eigenvalue weighted by atomic mass is 14.7. The summed E-state index contributed by atoms with van der Waals surface area (Å²) in [6, 6.07) is 10.0. The van der Waals surface area contributed by atoms with Crippen molar-refractivity contribution < 1.29 is 0 Å². The van der Waals surface area contributed by atoms with Gasteiger partial charge in [-0.1, -0.05) is 19.1 Å². The van der Waals surface area contributed by atoms with Gasteiger partial charge in [0.25, 0.3) is 0 Å². The standard InChI is InChI=1S/C12H12N2/c1-10(11-5-4-7-13-9-11)12-6-2-3-8-14-12/h2-10H,1H3/t10-/m0/s1. The summed E-state index contributed by atoms with van der Waals surface area (Å²) >= 11 is 0. The van der Waals surface area contributed by atoms with Crippen molar-refractivity contribution in [2.75, 3.05) is 0 Å². The van der Waals surface area contributed by atoms with Crippen LogP contribution < -0.4 is 0 Å². The Morgan fingerprint density at radius 2 is 2.00 bits per heavy atom. The normalized spacial score (nSPS) is 12.4. The molecular weight excluding hydrogens is 172 g/mol. The summed E-state index contributed by atoms with van der Waals surface area (Å²) in [5, 5.41) is 0. The van der Waals surface area contributed by atoms with Gasteiger partial charge in [-0.05, 0) is 23.8 Å². The third-order valence-electron chi connectivity index (χ3n) is 2.32. The first-order valence-electron chi connectivity index (χ1n) is 4.69. The lowest BCUT2D eigenvalue weighted by molar-refractivity contribution is 0.864. The largest absolute Gasteiger partial charge is 0.264 e. The lowest BCUT2D eigenvalue weighted by Crippen LogP contribution is -1.98. The molecule has 2 heterocycles. The Morgan fingerprint density at radius 1 is 1.07 bits per heavy atom. The number of hydrogen-bond donors (Lipinski definition) is 0. The van der Waals surface area contributed by atoms with E-state index in [1.165, 1.54) is 5.56 Å². The first kappa shape index (κ1) is 8.88. The maximum atomic E-state index is 4.33. The zero-order valence-corrected chi connectivity index (χ0v) is 8.09. The number of rotatable bonds is 2. The molecule has 0 aliphatic rings. The second kappa shape index (κ2) is 4.01. The van der Waals surface area contributed by atoms with E-state index < -0.39 is 0 Å². The Balaban J connectivity index is 2.30. The van der Waals surface area contributed by atoms with Gasteiger partial charge in [0.05, 0.1) is 0 Å². The van der Waals surface area contributed by atoms with Crippen molar-refractivity contribution in [3.8, 4) is 0 Å². The number of nitrogens with zero attached hydrogens (tertiary/aromatic N) is 2. The minimum Gasteiger partial charge on any atom is -0.264 e. The molecule has 2 aromatic rings. The molecule has 0 aliphatic heterocycles. The molecule has 2 aromatic heterocycles. The Kier molecular flexibility index (Phi) is 2.54. The van der Waals surface area contributed by atoms with Crippen LogP contribution in [0.1, 0.15) is 24.1 Å². The van der Waals surface area contributed by atoms with Crippen LogP contribution >= 0.6 is 0 Å². The molecule has 70 valence electrons. The van der Waals surface area contributed by atoms with Crippen LogP contribution in [0, 0.1) is 0 Å². The fraction of sp³-hybridized carbons (Fsp3) is 0.167. The van der Waals surface area contributed by atoms with Crippen LogP contribution in [0.2, 0.25) is 0 Å². The van der Waals surface area contributed by atoms with E-state index in [0.29, 0.717) is 5.92 Å². The Morgan fingerprint density at radius 3 is 2.64 bits per heavy atom. The summed E-state index contributed by atoms with van der Waals surface area (Å²) in [5.41, 5.74) is 2.28. The monoisotopic (exact) mass is 184 g/mol. The van der Waals surface area contributed by atoms with Gasteiger partial charge >= 0.3 is 0 Å². The second-order valence-electron chi connectivity index (χ2n) is 3.26. The zero-order valence-electron chi connectivity index (χ0n) is 8.09. The lowest BCUT2D eigenvalue weighted by Gasteiger charge is -2.09. The van der Waals surface area contributed by atoms with Crippen molar-refractivity contribution in [3.05, 3.63) is 60.2 Å². The third kappa shape index (κ3) is 1.79. The van der Waals surface area contributed by atoms with E-state index >= 15 is 0 Å². The first-order valence-corrected chi connectivity index (χ1v) is 4.69. The van der Waals surface area contributed by atoms with Crippen LogP contribution in [0.25, 0.3) is 0 Å². The van der Waals surface area contributed by atoms with Crippen molar-refractivity contribution in [1.82, 2.24) is 9.97 Å². The minimum absolute atomic E-state index is 0.310. The van der Waals surface area contributed by atoms with Gasteiger partial charge < -0.3 is 0 Å². The minimum atomic E-state index is 0.310. The molecule has 0 amide bonds. The quantitative estimate of drug-likeness (QED) is 0.717. The van der Waals surface area contributed by atoms with Crippen molar-refractivity contribution in [1.29, 1.82) is 0 Å². The van der Waals surface area contributed by atoms with E-state index in [0.717, 1.165) is 5.69 Å². The van der Waals surface area contributed by atoms with Gasteiger partial charge in [-0.2, -0.15) is 0 Å². The third-order valence-corrected chi connectivity index (χ3v) is 2.32. The molecule has 0 N–H and O–H groups in total. The highest BCUT2D eigenvalue weighted by molar-refractivity contribution is 5.24. The number of pyridine rings is 2.